The molecule has 5 heteroatoms. The van der Waals surface area contributed by atoms with Crippen molar-refractivity contribution in [2.24, 2.45) is 0 Å². The van der Waals surface area contributed by atoms with Gasteiger partial charge in [0.1, 0.15) is 0 Å². The number of sulfone groups is 1. The number of hydrogen-bond donors (Lipinski definition) is 0. The van der Waals surface area contributed by atoms with E-state index in [0.717, 1.165) is 0 Å². The van der Waals surface area contributed by atoms with Crippen molar-refractivity contribution in [3.05, 3.63) is 85.0 Å². The molecule has 0 atom stereocenters. The predicted molar refractivity (Wildman–Crippen MR) is 87.4 cm³/mol. The molecule has 0 saturated carbocycles. The summed E-state index contributed by atoms with van der Waals surface area (Å²) in [6.07, 6.45) is 2.33. The molecule has 2 aromatic carbocycles. The lowest BCUT2D eigenvalue weighted by molar-refractivity contribution is 0.103. The maximum atomic E-state index is 12.5. The van der Waals surface area contributed by atoms with Gasteiger partial charge in [0, 0.05) is 11.1 Å². The molecule has 0 saturated heterocycles. The largest absolute Gasteiger partial charge is 0.289 e. The first-order valence-corrected chi connectivity index (χ1v) is 8.17. The van der Waals surface area contributed by atoms with Gasteiger partial charge in [-0.3, -0.25) is 9.59 Å². The molecular weight excluding hydrogens is 312 g/mol. The number of carbonyl (C=O) groups excluding carboxylic acids is 2. The lowest BCUT2D eigenvalue weighted by atomic mass is 10.1. The highest BCUT2D eigenvalue weighted by molar-refractivity contribution is 7.91. The maximum Gasteiger partial charge on any atom is 0.206 e. The molecule has 23 heavy (non-hydrogen) atoms. The van der Waals surface area contributed by atoms with Crippen molar-refractivity contribution < 1.29 is 18.0 Å². The summed E-state index contributed by atoms with van der Waals surface area (Å²) in [5.41, 5.74) is 0.733. The Bertz CT molecular complexity index is 804. The molecule has 0 aromatic heterocycles. The number of hydrogen-bond acceptors (Lipinski definition) is 4. The molecule has 0 amide bonds. The lowest BCUT2D eigenvalue weighted by Crippen LogP contribution is -2.04. The van der Waals surface area contributed by atoms with Crippen LogP contribution in [0.25, 0.3) is 0 Å². The predicted octanol–water partition coefficient (Wildman–Crippen LogP) is 3.26. The summed E-state index contributed by atoms with van der Waals surface area (Å²) in [7, 11) is -3.71. The first kappa shape index (κ1) is 16.6. The minimum atomic E-state index is -3.71. The van der Waals surface area contributed by atoms with Crippen LogP contribution in [0.5, 0.6) is 0 Å². The maximum absolute atomic E-state index is 12.5. The van der Waals surface area contributed by atoms with Crippen molar-refractivity contribution in [1.82, 2.24) is 0 Å². The quantitative estimate of drug-likeness (QED) is 0.603. The van der Waals surface area contributed by atoms with E-state index in [-0.39, 0.29) is 21.4 Å². The molecule has 2 aromatic rings. The molecule has 0 aliphatic carbocycles. The summed E-state index contributed by atoms with van der Waals surface area (Å²) >= 11 is 0. The Kier molecular flexibility index (Phi) is 4.71. The van der Waals surface area contributed by atoms with Gasteiger partial charge in [0.25, 0.3) is 0 Å². The van der Waals surface area contributed by atoms with Crippen LogP contribution in [0.2, 0.25) is 0 Å². The molecule has 116 valence electrons. The van der Waals surface area contributed by atoms with Gasteiger partial charge < -0.3 is 0 Å². The highest BCUT2D eigenvalue weighted by atomic mass is 32.2. The summed E-state index contributed by atoms with van der Waals surface area (Å²) in [4.78, 5) is 23.1. The SMILES string of the molecule is C=CC(=O)c1ccc(S(=O)(=O)c2ccc(C(=O)C=C)cc2)cc1. The van der Waals surface area contributed by atoms with Gasteiger partial charge in [-0.2, -0.15) is 0 Å². The number of ketones is 2. The van der Waals surface area contributed by atoms with Crippen LogP contribution in [0.1, 0.15) is 20.7 Å². The monoisotopic (exact) mass is 326 g/mol. The van der Waals surface area contributed by atoms with Crippen molar-refractivity contribution in [3.63, 3.8) is 0 Å². The molecule has 0 aliphatic heterocycles. The minimum Gasteiger partial charge on any atom is -0.289 e. The summed E-state index contributed by atoms with van der Waals surface area (Å²) in [5, 5.41) is 0. The van der Waals surface area contributed by atoms with E-state index in [9.17, 15) is 18.0 Å². The van der Waals surface area contributed by atoms with Crippen LogP contribution < -0.4 is 0 Å². The Labute approximate surface area is 134 Å². The second kappa shape index (κ2) is 6.54. The fraction of sp³-hybridized carbons (Fsp3) is 0. The average Bonchev–Trinajstić information content (AvgIpc) is 2.60. The van der Waals surface area contributed by atoms with Crippen LogP contribution in [0.3, 0.4) is 0 Å². The molecule has 0 unspecified atom stereocenters. The van der Waals surface area contributed by atoms with E-state index in [1.165, 1.54) is 60.7 Å². The van der Waals surface area contributed by atoms with Gasteiger partial charge in [-0.25, -0.2) is 8.42 Å². The van der Waals surface area contributed by atoms with Gasteiger partial charge in [0.15, 0.2) is 11.6 Å². The second-order valence-electron chi connectivity index (χ2n) is 4.69. The van der Waals surface area contributed by atoms with Crippen molar-refractivity contribution in [3.8, 4) is 0 Å². The lowest BCUT2D eigenvalue weighted by Gasteiger charge is -2.06. The summed E-state index contributed by atoms with van der Waals surface area (Å²) in [6.45, 7) is 6.77. The topological polar surface area (TPSA) is 68.3 Å². The average molecular weight is 326 g/mol. The summed E-state index contributed by atoms with van der Waals surface area (Å²) in [6, 6.07) is 11.2. The van der Waals surface area contributed by atoms with Crippen molar-refractivity contribution >= 4 is 21.4 Å². The van der Waals surface area contributed by atoms with Crippen LogP contribution >= 0.6 is 0 Å². The van der Waals surface area contributed by atoms with Crippen LogP contribution in [0, 0.1) is 0 Å². The molecule has 0 aliphatic rings. The number of allylic oxidation sites excluding steroid dienone is 2. The molecule has 0 spiro atoms. The van der Waals surface area contributed by atoms with Crippen LogP contribution in [-0.4, -0.2) is 20.0 Å². The number of carbonyl (C=O) groups is 2. The van der Waals surface area contributed by atoms with E-state index in [1.54, 1.807) is 0 Å². The minimum absolute atomic E-state index is 0.0703. The van der Waals surface area contributed by atoms with Crippen molar-refractivity contribution in [2.75, 3.05) is 0 Å². The summed E-state index contributed by atoms with van der Waals surface area (Å²) in [5.74, 6) is -0.553. The van der Waals surface area contributed by atoms with Gasteiger partial charge in [0.05, 0.1) is 9.79 Å². The van der Waals surface area contributed by atoms with Crippen LogP contribution in [0.4, 0.5) is 0 Å². The Morgan fingerprint density at radius 2 is 1.00 bits per heavy atom. The summed E-state index contributed by atoms with van der Waals surface area (Å²) < 4.78 is 25.1. The normalized spacial score (nSPS) is 10.8. The Morgan fingerprint density at radius 1 is 0.696 bits per heavy atom. The van der Waals surface area contributed by atoms with Gasteiger partial charge in [0.2, 0.25) is 9.84 Å². The molecule has 0 radical (unpaired) electrons. The van der Waals surface area contributed by atoms with Crippen molar-refractivity contribution in [1.29, 1.82) is 0 Å². The van der Waals surface area contributed by atoms with Crippen molar-refractivity contribution in [2.45, 2.75) is 9.79 Å². The molecule has 0 heterocycles. The third kappa shape index (κ3) is 3.35. The fourth-order valence-electron chi connectivity index (χ4n) is 1.97. The van der Waals surface area contributed by atoms with E-state index in [4.69, 9.17) is 0 Å². The van der Waals surface area contributed by atoms with E-state index in [1.807, 2.05) is 0 Å². The van der Waals surface area contributed by atoms with E-state index in [0.29, 0.717) is 11.1 Å². The molecule has 0 fully saturated rings. The third-order valence-corrected chi connectivity index (χ3v) is 5.05. The first-order chi connectivity index (χ1) is 10.9. The Balaban J connectivity index is 2.38. The molecule has 0 N–H and O–H groups in total. The van der Waals surface area contributed by atoms with Crippen LogP contribution in [0.15, 0.2) is 83.6 Å². The Hall–Kier alpha value is -2.79. The standard InChI is InChI=1S/C18H14O4S/c1-3-17(19)13-5-9-15(10-6-13)23(21,22)16-11-7-14(8-12-16)18(20)4-2/h3-12H,1-2H2. The van der Waals surface area contributed by atoms with Gasteiger partial charge >= 0.3 is 0 Å². The van der Waals surface area contributed by atoms with Gasteiger partial charge in [-0.05, 0) is 60.7 Å². The smallest absolute Gasteiger partial charge is 0.206 e. The zero-order valence-corrected chi connectivity index (χ0v) is 13.0. The fourth-order valence-corrected chi connectivity index (χ4v) is 3.23. The highest BCUT2D eigenvalue weighted by Crippen LogP contribution is 2.22. The zero-order chi connectivity index (χ0) is 17.0. The molecule has 0 bridgehead atoms. The van der Waals surface area contributed by atoms with Gasteiger partial charge in [-0.15, -0.1) is 0 Å². The molecule has 2 rings (SSSR count). The zero-order valence-electron chi connectivity index (χ0n) is 12.2. The Morgan fingerprint density at radius 3 is 1.26 bits per heavy atom. The molecular formula is C18H14O4S. The number of rotatable bonds is 6. The third-order valence-electron chi connectivity index (χ3n) is 3.27. The second-order valence-corrected chi connectivity index (χ2v) is 6.64. The molecule has 4 nitrogen and oxygen atoms in total. The van der Waals surface area contributed by atoms with Crippen LogP contribution in [-0.2, 0) is 9.84 Å². The highest BCUT2D eigenvalue weighted by Gasteiger charge is 2.18. The first-order valence-electron chi connectivity index (χ1n) is 6.69. The van der Waals surface area contributed by atoms with E-state index >= 15 is 0 Å². The van der Waals surface area contributed by atoms with E-state index in [2.05, 4.69) is 13.2 Å². The number of benzene rings is 2. The van der Waals surface area contributed by atoms with Gasteiger partial charge in [-0.1, -0.05) is 13.2 Å². The van der Waals surface area contributed by atoms with E-state index < -0.39 is 9.84 Å².